The van der Waals surface area contributed by atoms with E-state index in [1.54, 1.807) is 0 Å². The van der Waals surface area contributed by atoms with Crippen LogP contribution in [0, 0.1) is 0 Å². The third-order valence-corrected chi connectivity index (χ3v) is 5.45. The van der Waals surface area contributed by atoms with Crippen LogP contribution in [0.4, 0.5) is 18.0 Å². The Kier molecular flexibility index (Phi) is 12.0. The molecule has 0 aromatic carbocycles. The van der Waals surface area contributed by atoms with E-state index in [2.05, 4.69) is 12.2 Å². The van der Waals surface area contributed by atoms with Crippen LogP contribution in [0.15, 0.2) is 16.5 Å². The van der Waals surface area contributed by atoms with Gasteiger partial charge in [-0.15, -0.1) is 0 Å². The monoisotopic (exact) mass is 471 g/mol. The highest BCUT2D eigenvalue weighted by molar-refractivity contribution is 7.85. The van der Waals surface area contributed by atoms with Crippen molar-refractivity contribution in [1.29, 1.82) is 0 Å². The number of ether oxygens (including phenoxy) is 1. The predicted octanol–water partition coefficient (Wildman–Crippen LogP) is 5.87. The van der Waals surface area contributed by atoms with Gasteiger partial charge < -0.3 is 14.5 Å². The molecule has 0 aliphatic rings. The molecule has 1 aromatic heterocycles. The van der Waals surface area contributed by atoms with Crippen molar-refractivity contribution in [3.05, 3.63) is 23.7 Å². The summed E-state index contributed by atoms with van der Waals surface area (Å²) in [7, 11) is -4.14. The molecule has 11 heteroatoms. The van der Waals surface area contributed by atoms with Crippen LogP contribution in [-0.4, -0.2) is 31.4 Å². The number of alkyl carbamates (subject to hydrolysis) is 1. The molecule has 0 aliphatic carbocycles. The number of furan rings is 1. The van der Waals surface area contributed by atoms with Crippen molar-refractivity contribution in [1.82, 2.24) is 5.32 Å². The van der Waals surface area contributed by atoms with Crippen LogP contribution >= 0.6 is 0 Å². The molecule has 1 heterocycles. The first-order valence-electron chi connectivity index (χ1n) is 10.6. The second-order valence-corrected chi connectivity index (χ2v) is 9.00. The average Bonchev–Trinajstić information content (AvgIpc) is 3.16. The lowest BCUT2D eigenvalue weighted by molar-refractivity contribution is -0.154. The number of alkyl halides is 3. The van der Waals surface area contributed by atoms with E-state index in [1.165, 1.54) is 19.3 Å². The fourth-order valence-electron chi connectivity index (χ4n) is 3.02. The number of carbonyl (C=O) groups excluding carboxylic acids is 1. The molecular weight excluding hydrogens is 439 g/mol. The van der Waals surface area contributed by atoms with Gasteiger partial charge in [0.2, 0.25) is 5.76 Å². The van der Waals surface area contributed by atoms with Gasteiger partial charge in [0.15, 0.2) is 6.10 Å². The molecule has 1 atom stereocenters. The van der Waals surface area contributed by atoms with Gasteiger partial charge in [-0.1, -0.05) is 51.9 Å². The van der Waals surface area contributed by atoms with Crippen LogP contribution in [0.5, 0.6) is 0 Å². The molecule has 0 bridgehead atoms. The molecule has 1 unspecified atom stereocenters. The van der Waals surface area contributed by atoms with Gasteiger partial charge in [-0.25, -0.2) is 4.79 Å². The Balaban J connectivity index is 2.56. The number of hydrogen-bond donors (Lipinski definition) is 2. The number of amides is 1. The Morgan fingerprint density at radius 3 is 2.26 bits per heavy atom. The Morgan fingerprint density at radius 2 is 1.71 bits per heavy atom. The predicted molar refractivity (Wildman–Crippen MR) is 109 cm³/mol. The van der Waals surface area contributed by atoms with Crippen molar-refractivity contribution in [2.75, 3.05) is 12.3 Å². The largest absolute Gasteiger partial charge is 0.453 e. The Labute approximate surface area is 181 Å². The van der Waals surface area contributed by atoms with Crippen molar-refractivity contribution in [3.63, 3.8) is 0 Å². The van der Waals surface area contributed by atoms with E-state index in [9.17, 15) is 26.4 Å². The molecule has 1 aromatic rings. The maximum absolute atomic E-state index is 12.8. The third kappa shape index (κ3) is 12.6. The molecule has 0 saturated heterocycles. The van der Waals surface area contributed by atoms with E-state index in [-0.39, 0.29) is 18.7 Å². The second kappa shape index (κ2) is 13.6. The zero-order valence-corrected chi connectivity index (χ0v) is 18.6. The maximum atomic E-state index is 12.8. The number of hydrogen-bond acceptors (Lipinski definition) is 5. The molecule has 0 saturated carbocycles. The van der Waals surface area contributed by atoms with E-state index >= 15 is 0 Å². The molecular formula is C20H32F3NO6S. The second-order valence-electron chi connectivity index (χ2n) is 7.42. The highest BCUT2D eigenvalue weighted by atomic mass is 32.2. The third-order valence-electron chi connectivity index (χ3n) is 4.64. The zero-order valence-electron chi connectivity index (χ0n) is 17.7. The van der Waals surface area contributed by atoms with Gasteiger partial charge in [0, 0.05) is 6.54 Å². The Morgan fingerprint density at radius 1 is 1.10 bits per heavy atom. The maximum Gasteiger partial charge on any atom is 0.449 e. The lowest BCUT2D eigenvalue weighted by atomic mass is 10.0. The summed E-state index contributed by atoms with van der Waals surface area (Å²) >= 11 is 0. The molecule has 0 radical (unpaired) electrons. The summed E-state index contributed by atoms with van der Waals surface area (Å²) in [6, 6.07) is 1.94. The highest BCUT2D eigenvalue weighted by Crippen LogP contribution is 2.34. The molecule has 180 valence electrons. The van der Waals surface area contributed by atoms with Gasteiger partial charge in [0.05, 0.1) is 5.75 Å². The van der Waals surface area contributed by atoms with Gasteiger partial charge in [0.1, 0.15) is 5.76 Å². The Hall–Kier alpha value is -1.75. The van der Waals surface area contributed by atoms with Crippen molar-refractivity contribution < 1.29 is 40.1 Å². The first-order chi connectivity index (χ1) is 14.5. The minimum absolute atomic E-state index is 0.0321. The number of rotatable bonds is 15. The lowest BCUT2D eigenvalue weighted by Crippen LogP contribution is -2.28. The van der Waals surface area contributed by atoms with Crippen molar-refractivity contribution >= 4 is 16.2 Å². The zero-order chi connectivity index (χ0) is 23.3. The summed E-state index contributed by atoms with van der Waals surface area (Å²) in [5.74, 6) is -1.79. The normalized spacial score (nSPS) is 13.2. The number of unbranched alkanes of at least 4 members (excludes halogenated alkanes) is 7. The van der Waals surface area contributed by atoms with Crippen molar-refractivity contribution in [2.24, 2.45) is 0 Å². The van der Waals surface area contributed by atoms with Gasteiger partial charge in [-0.2, -0.15) is 21.6 Å². The van der Waals surface area contributed by atoms with Crippen LogP contribution in [0.1, 0.15) is 88.8 Å². The SMILES string of the molecule is CCCCCCCCCCC(OC(=O)NCCCS(=O)(=O)O)c1ccc(C(F)(F)F)o1. The summed E-state index contributed by atoms with van der Waals surface area (Å²) in [6.07, 6.45) is 2.03. The van der Waals surface area contributed by atoms with Gasteiger partial charge in [-0.3, -0.25) is 4.55 Å². The number of carbonyl (C=O) groups is 1. The van der Waals surface area contributed by atoms with Crippen LogP contribution in [0.25, 0.3) is 0 Å². The standard InChI is InChI=1S/C20H32F3NO6S/c1-2-3-4-5-6-7-8-9-11-16(17-12-13-18(29-17)20(21,22)23)30-19(25)24-14-10-15-31(26,27)28/h12-13,16H,2-11,14-15H2,1H3,(H,24,25)(H,26,27,28). The van der Waals surface area contributed by atoms with E-state index in [1.807, 2.05) is 0 Å². The molecule has 1 amide bonds. The van der Waals surface area contributed by atoms with Crippen LogP contribution in [0.2, 0.25) is 0 Å². The lowest BCUT2D eigenvalue weighted by Gasteiger charge is -2.16. The van der Waals surface area contributed by atoms with Gasteiger partial charge in [0.25, 0.3) is 10.1 Å². The fourth-order valence-corrected chi connectivity index (χ4v) is 3.53. The molecule has 1 rings (SSSR count). The number of nitrogens with one attached hydrogen (secondary N) is 1. The molecule has 0 aliphatic heterocycles. The smallest absolute Gasteiger partial charge is 0.449 e. The summed E-state index contributed by atoms with van der Waals surface area (Å²) in [6.45, 7) is 2.07. The number of halogens is 3. The summed E-state index contributed by atoms with van der Waals surface area (Å²) < 4.78 is 78.6. The van der Waals surface area contributed by atoms with Gasteiger partial charge in [-0.05, 0) is 31.4 Å². The molecule has 0 spiro atoms. The summed E-state index contributed by atoms with van der Waals surface area (Å²) in [5, 5.41) is 2.32. The van der Waals surface area contributed by atoms with Crippen LogP contribution in [-0.2, 0) is 21.0 Å². The van der Waals surface area contributed by atoms with Crippen molar-refractivity contribution in [3.8, 4) is 0 Å². The minimum atomic E-state index is -4.64. The Bertz CT molecular complexity index is 748. The first-order valence-corrected chi connectivity index (χ1v) is 12.2. The molecule has 2 N–H and O–H groups in total. The topological polar surface area (TPSA) is 106 Å². The molecule has 7 nitrogen and oxygen atoms in total. The summed E-state index contributed by atoms with van der Waals surface area (Å²) in [5.41, 5.74) is 0. The quantitative estimate of drug-likeness (QED) is 0.245. The first kappa shape index (κ1) is 27.3. The highest BCUT2D eigenvalue weighted by Gasteiger charge is 2.36. The van der Waals surface area contributed by atoms with E-state index in [0.717, 1.165) is 37.8 Å². The van der Waals surface area contributed by atoms with Crippen LogP contribution in [0.3, 0.4) is 0 Å². The summed E-state index contributed by atoms with van der Waals surface area (Å²) in [4.78, 5) is 12.0. The van der Waals surface area contributed by atoms with Gasteiger partial charge >= 0.3 is 12.3 Å². The van der Waals surface area contributed by atoms with Crippen molar-refractivity contribution in [2.45, 2.75) is 83.4 Å². The van der Waals surface area contributed by atoms with Crippen LogP contribution < -0.4 is 5.32 Å². The van der Waals surface area contributed by atoms with E-state index in [0.29, 0.717) is 12.8 Å². The average molecular weight is 472 g/mol. The molecule has 31 heavy (non-hydrogen) atoms. The molecule has 0 fully saturated rings. The van der Waals surface area contributed by atoms with E-state index < -0.39 is 40.0 Å². The van der Waals surface area contributed by atoms with E-state index in [4.69, 9.17) is 13.7 Å². The fraction of sp³-hybridized carbons (Fsp3) is 0.750. The minimum Gasteiger partial charge on any atom is -0.453 e.